The van der Waals surface area contributed by atoms with Crippen molar-refractivity contribution in [1.82, 2.24) is 0 Å². The molecule has 0 amide bonds. The van der Waals surface area contributed by atoms with Crippen LogP contribution in [0.1, 0.15) is 62.5 Å². The van der Waals surface area contributed by atoms with Crippen molar-refractivity contribution in [2.24, 2.45) is 23.7 Å². The highest BCUT2D eigenvalue weighted by molar-refractivity contribution is 5.35. The minimum absolute atomic E-state index is 0.453. The first-order valence-corrected chi connectivity index (χ1v) is 9.19. The van der Waals surface area contributed by atoms with Gasteiger partial charge in [0.05, 0.1) is 11.2 Å². The highest BCUT2D eigenvalue weighted by atomic mass is 16.3. The first-order valence-electron chi connectivity index (χ1n) is 9.19. The molecule has 0 aromatic heterocycles. The maximum Gasteiger partial charge on any atom is 0.0952 e. The third kappa shape index (κ3) is 1.48. The highest BCUT2D eigenvalue weighted by Gasteiger charge is 2.56. The van der Waals surface area contributed by atoms with E-state index >= 15 is 0 Å². The fourth-order valence-electron chi connectivity index (χ4n) is 6.56. The van der Waals surface area contributed by atoms with Crippen molar-refractivity contribution in [3.05, 3.63) is 35.4 Å². The zero-order chi connectivity index (χ0) is 14.9. The molecule has 118 valence electrons. The van der Waals surface area contributed by atoms with Crippen LogP contribution in [0.15, 0.2) is 24.3 Å². The van der Waals surface area contributed by atoms with Gasteiger partial charge in [0.1, 0.15) is 0 Å². The summed E-state index contributed by atoms with van der Waals surface area (Å²) in [4.78, 5) is 0. The summed E-state index contributed by atoms with van der Waals surface area (Å²) in [5.41, 5.74) is 1.01. The third-order valence-corrected chi connectivity index (χ3v) is 7.75. The van der Waals surface area contributed by atoms with Crippen LogP contribution in [0.3, 0.4) is 0 Å². The average molecular weight is 298 g/mol. The summed E-state index contributed by atoms with van der Waals surface area (Å²) in [5.74, 6) is 1.81. The summed E-state index contributed by atoms with van der Waals surface area (Å²) in [6.45, 7) is 0. The molecule has 0 unspecified atom stereocenters. The Morgan fingerprint density at radius 1 is 0.545 bits per heavy atom. The molecule has 0 atom stereocenters. The Labute approximate surface area is 132 Å². The molecule has 0 saturated heterocycles. The molecule has 2 nitrogen and oxygen atoms in total. The second-order valence-electron chi connectivity index (χ2n) is 8.33. The van der Waals surface area contributed by atoms with Gasteiger partial charge in [0.2, 0.25) is 0 Å². The third-order valence-electron chi connectivity index (χ3n) is 7.75. The lowest BCUT2D eigenvalue weighted by Crippen LogP contribution is -2.33. The maximum absolute atomic E-state index is 11.2. The van der Waals surface area contributed by atoms with Crippen molar-refractivity contribution in [3.8, 4) is 0 Å². The van der Waals surface area contributed by atoms with Gasteiger partial charge in [0.25, 0.3) is 0 Å². The predicted octanol–water partition coefficient (Wildman–Crippen LogP) is 3.70. The van der Waals surface area contributed by atoms with Crippen molar-refractivity contribution in [2.75, 3.05) is 0 Å². The van der Waals surface area contributed by atoms with Crippen LogP contribution in [-0.2, 0) is 11.2 Å². The number of hydrogen-bond donors (Lipinski definition) is 2. The molecular weight excluding hydrogens is 272 g/mol. The lowest BCUT2D eigenvalue weighted by atomic mass is 9.80. The molecule has 4 fully saturated rings. The monoisotopic (exact) mass is 298 g/mol. The van der Waals surface area contributed by atoms with Gasteiger partial charge in [0.15, 0.2) is 0 Å². The molecule has 5 rings (SSSR count). The van der Waals surface area contributed by atoms with Gasteiger partial charge in [-0.15, -0.1) is 0 Å². The Kier molecular flexibility index (Phi) is 2.69. The number of benzene rings is 1. The zero-order valence-corrected chi connectivity index (χ0v) is 13.2. The van der Waals surface area contributed by atoms with Gasteiger partial charge in [0, 0.05) is 0 Å². The molecule has 2 N–H and O–H groups in total. The summed E-state index contributed by atoms with van der Waals surface area (Å²) in [6.07, 6.45) is 9.42. The molecule has 4 aliphatic rings. The van der Waals surface area contributed by atoms with Crippen LogP contribution in [0.2, 0.25) is 0 Å². The van der Waals surface area contributed by atoms with Gasteiger partial charge in [-0.1, -0.05) is 24.3 Å². The molecule has 1 aromatic carbocycles. The second-order valence-corrected chi connectivity index (χ2v) is 8.33. The van der Waals surface area contributed by atoms with Crippen LogP contribution < -0.4 is 0 Å². The Morgan fingerprint density at radius 3 is 1.00 bits per heavy atom. The van der Waals surface area contributed by atoms with Crippen LogP contribution in [0.4, 0.5) is 0 Å². The highest BCUT2D eigenvalue weighted by Crippen LogP contribution is 2.59. The lowest BCUT2D eigenvalue weighted by Gasteiger charge is -2.32. The number of rotatable bonds is 2. The number of hydrogen-bond acceptors (Lipinski definition) is 2. The SMILES string of the molecule is OC1(c2ccc(C3(O)C4CCC3CC4)cc2)C2CCC1CC2. The lowest BCUT2D eigenvalue weighted by molar-refractivity contribution is -0.0137. The molecule has 0 aliphatic heterocycles. The summed E-state index contributed by atoms with van der Waals surface area (Å²) >= 11 is 0. The Hall–Kier alpha value is -0.860. The summed E-state index contributed by atoms with van der Waals surface area (Å²) in [5, 5.41) is 22.5. The molecule has 1 aromatic rings. The van der Waals surface area contributed by atoms with E-state index in [-0.39, 0.29) is 0 Å². The van der Waals surface area contributed by atoms with Crippen LogP contribution in [0.5, 0.6) is 0 Å². The van der Waals surface area contributed by atoms with Gasteiger partial charge in [-0.25, -0.2) is 0 Å². The van der Waals surface area contributed by atoms with E-state index < -0.39 is 11.2 Å². The minimum Gasteiger partial charge on any atom is -0.385 e. The quantitative estimate of drug-likeness (QED) is 0.874. The van der Waals surface area contributed by atoms with Gasteiger partial charge in [-0.2, -0.15) is 0 Å². The van der Waals surface area contributed by atoms with Crippen molar-refractivity contribution >= 4 is 0 Å². The van der Waals surface area contributed by atoms with Crippen LogP contribution >= 0.6 is 0 Å². The van der Waals surface area contributed by atoms with Crippen molar-refractivity contribution in [2.45, 2.75) is 62.6 Å². The Balaban J connectivity index is 1.50. The van der Waals surface area contributed by atoms with E-state index in [1.807, 2.05) is 0 Å². The summed E-state index contributed by atoms with van der Waals surface area (Å²) in [6, 6.07) is 8.45. The molecule has 0 spiro atoms. The largest absolute Gasteiger partial charge is 0.385 e. The van der Waals surface area contributed by atoms with Gasteiger partial charge < -0.3 is 10.2 Å². The van der Waals surface area contributed by atoms with Gasteiger partial charge >= 0.3 is 0 Å². The molecule has 2 heteroatoms. The zero-order valence-electron chi connectivity index (χ0n) is 13.2. The van der Waals surface area contributed by atoms with Crippen LogP contribution in [-0.4, -0.2) is 10.2 Å². The molecule has 0 heterocycles. The fraction of sp³-hybridized carbons (Fsp3) is 0.700. The number of aliphatic hydroxyl groups is 2. The molecule has 4 saturated carbocycles. The molecule has 0 radical (unpaired) electrons. The van der Waals surface area contributed by atoms with Gasteiger partial charge in [-0.05, 0) is 86.2 Å². The molecule has 4 aliphatic carbocycles. The average Bonchev–Trinajstić information content (AvgIpc) is 3.27. The first kappa shape index (κ1) is 13.6. The molecular formula is C20H26O2. The molecule has 22 heavy (non-hydrogen) atoms. The maximum atomic E-state index is 11.2. The summed E-state index contributed by atoms with van der Waals surface area (Å²) in [7, 11) is 0. The predicted molar refractivity (Wildman–Crippen MR) is 85.1 cm³/mol. The van der Waals surface area contributed by atoms with E-state index in [4.69, 9.17) is 0 Å². The van der Waals surface area contributed by atoms with Crippen LogP contribution in [0, 0.1) is 23.7 Å². The van der Waals surface area contributed by atoms with E-state index in [0.29, 0.717) is 23.7 Å². The normalized spacial score (nSPS) is 49.2. The first-order chi connectivity index (χ1) is 10.6. The van der Waals surface area contributed by atoms with Crippen LogP contribution in [0.25, 0.3) is 0 Å². The van der Waals surface area contributed by atoms with Crippen molar-refractivity contribution < 1.29 is 10.2 Å². The summed E-state index contributed by atoms with van der Waals surface area (Å²) < 4.78 is 0. The topological polar surface area (TPSA) is 40.5 Å². The standard InChI is InChI=1S/C20H26O2/c21-19(15-5-6-16(19)8-7-15)13-1-2-14(4-3-13)20(22)17-9-10-18(20)12-11-17/h1-4,15-18,21-22H,5-12H2. The van der Waals surface area contributed by atoms with E-state index in [1.165, 1.54) is 51.4 Å². The Morgan fingerprint density at radius 2 is 0.773 bits per heavy atom. The van der Waals surface area contributed by atoms with Gasteiger partial charge in [-0.3, -0.25) is 0 Å². The Bertz CT molecular complexity index is 497. The number of fused-ring (bicyclic) bond motifs is 4. The van der Waals surface area contributed by atoms with E-state index in [9.17, 15) is 10.2 Å². The van der Waals surface area contributed by atoms with E-state index in [2.05, 4.69) is 24.3 Å². The minimum atomic E-state index is -0.587. The fourth-order valence-corrected chi connectivity index (χ4v) is 6.56. The smallest absolute Gasteiger partial charge is 0.0952 e. The van der Waals surface area contributed by atoms with Crippen molar-refractivity contribution in [1.29, 1.82) is 0 Å². The molecule has 4 bridgehead atoms. The second kappa shape index (κ2) is 4.36. The van der Waals surface area contributed by atoms with E-state index in [1.54, 1.807) is 0 Å². The van der Waals surface area contributed by atoms with Crippen molar-refractivity contribution in [3.63, 3.8) is 0 Å². The van der Waals surface area contributed by atoms with E-state index in [0.717, 1.165) is 11.1 Å².